The lowest BCUT2D eigenvalue weighted by molar-refractivity contribution is 0.192. The molecule has 114 valence electrons. The second kappa shape index (κ2) is 5.91. The molecule has 0 fully saturated rings. The summed E-state index contributed by atoms with van der Waals surface area (Å²) in [6.45, 7) is 0. The Kier molecular flexibility index (Phi) is 3.96. The predicted molar refractivity (Wildman–Crippen MR) is 84.8 cm³/mol. The van der Waals surface area contributed by atoms with Crippen LogP contribution in [0.2, 0.25) is 5.02 Å². The van der Waals surface area contributed by atoms with Crippen LogP contribution >= 0.6 is 11.6 Å². The molecular weight excluding hydrogens is 304 g/mol. The minimum atomic E-state index is -0.875. The van der Waals surface area contributed by atoms with Gasteiger partial charge in [0.05, 0.1) is 14.2 Å². The van der Waals surface area contributed by atoms with Gasteiger partial charge in [0.25, 0.3) is 0 Å². The highest BCUT2D eigenvalue weighted by Crippen LogP contribution is 2.39. The zero-order valence-electron chi connectivity index (χ0n) is 12.2. The van der Waals surface area contributed by atoms with Crippen molar-refractivity contribution >= 4 is 22.6 Å². The van der Waals surface area contributed by atoms with Gasteiger partial charge in [-0.2, -0.15) is 0 Å². The highest BCUT2D eigenvalue weighted by molar-refractivity contribution is 6.30. The number of ether oxygens (including phenoxy) is 2. The van der Waals surface area contributed by atoms with Crippen LogP contribution < -0.4 is 9.47 Å². The maximum Gasteiger partial charge on any atom is 0.204 e. The molecule has 22 heavy (non-hydrogen) atoms. The summed E-state index contributed by atoms with van der Waals surface area (Å²) in [6, 6.07) is 12.4. The van der Waals surface area contributed by atoms with Crippen LogP contribution in [0.5, 0.6) is 11.5 Å². The molecule has 0 amide bonds. The van der Waals surface area contributed by atoms with Gasteiger partial charge >= 0.3 is 0 Å². The third-order valence-electron chi connectivity index (χ3n) is 3.50. The van der Waals surface area contributed by atoms with Gasteiger partial charge < -0.3 is 19.0 Å². The lowest BCUT2D eigenvalue weighted by Gasteiger charge is -2.08. The molecule has 0 spiro atoms. The molecule has 3 rings (SSSR count). The van der Waals surface area contributed by atoms with Gasteiger partial charge in [0.1, 0.15) is 11.9 Å². The van der Waals surface area contributed by atoms with E-state index in [4.69, 9.17) is 25.5 Å². The third kappa shape index (κ3) is 2.51. The Hall–Kier alpha value is -2.17. The van der Waals surface area contributed by atoms with Crippen LogP contribution in [0.3, 0.4) is 0 Å². The number of rotatable bonds is 4. The van der Waals surface area contributed by atoms with Crippen molar-refractivity contribution in [2.24, 2.45) is 0 Å². The van der Waals surface area contributed by atoms with Crippen LogP contribution in [0, 0.1) is 0 Å². The molecule has 4 nitrogen and oxygen atoms in total. The van der Waals surface area contributed by atoms with Crippen LogP contribution in [-0.2, 0) is 0 Å². The molecule has 0 bridgehead atoms. The Labute approximate surface area is 132 Å². The predicted octanol–water partition coefficient (Wildman–Crippen LogP) is 4.19. The third-order valence-corrected chi connectivity index (χ3v) is 3.76. The smallest absolute Gasteiger partial charge is 0.204 e. The summed E-state index contributed by atoms with van der Waals surface area (Å²) in [5, 5.41) is 11.9. The first-order valence-corrected chi connectivity index (χ1v) is 7.09. The van der Waals surface area contributed by atoms with Crippen LogP contribution in [0.15, 0.2) is 46.9 Å². The van der Waals surface area contributed by atoms with Crippen LogP contribution in [0.1, 0.15) is 17.4 Å². The first-order chi connectivity index (χ1) is 10.6. The molecule has 3 aromatic rings. The minimum Gasteiger partial charge on any atom is -0.493 e. The minimum absolute atomic E-state index is 0.434. The van der Waals surface area contributed by atoms with Gasteiger partial charge in [0, 0.05) is 10.4 Å². The standard InChI is InChI=1S/C17H15ClO4/c1-20-13-8-5-11-9-14(22-16(11)17(13)21-2)15(19)10-3-6-12(18)7-4-10/h3-9,15,19H,1-2H3. The number of aliphatic hydroxyl groups excluding tert-OH is 1. The van der Waals surface area contributed by atoms with E-state index < -0.39 is 6.10 Å². The molecule has 0 aliphatic rings. The Morgan fingerprint density at radius 1 is 1.05 bits per heavy atom. The quantitative estimate of drug-likeness (QED) is 0.784. The fourth-order valence-corrected chi connectivity index (χ4v) is 2.50. The van der Waals surface area contributed by atoms with Crippen LogP contribution in [0.25, 0.3) is 11.0 Å². The van der Waals surface area contributed by atoms with Crippen molar-refractivity contribution in [2.75, 3.05) is 14.2 Å². The largest absolute Gasteiger partial charge is 0.493 e. The summed E-state index contributed by atoms with van der Waals surface area (Å²) in [7, 11) is 3.12. The van der Waals surface area contributed by atoms with Gasteiger partial charge in [0.2, 0.25) is 5.75 Å². The summed E-state index contributed by atoms with van der Waals surface area (Å²) in [6.07, 6.45) is -0.875. The van der Waals surface area contributed by atoms with Crippen molar-refractivity contribution in [2.45, 2.75) is 6.10 Å². The van der Waals surface area contributed by atoms with E-state index in [0.717, 1.165) is 5.39 Å². The topological polar surface area (TPSA) is 51.8 Å². The van der Waals surface area contributed by atoms with E-state index in [2.05, 4.69) is 0 Å². The number of hydrogen-bond acceptors (Lipinski definition) is 4. The first kappa shape index (κ1) is 14.8. The number of furan rings is 1. The number of benzene rings is 2. The fourth-order valence-electron chi connectivity index (χ4n) is 2.38. The van der Waals surface area contributed by atoms with Crippen molar-refractivity contribution in [1.29, 1.82) is 0 Å². The van der Waals surface area contributed by atoms with Crippen molar-refractivity contribution in [3.63, 3.8) is 0 Å². The summed E-state index contributed by atoms with van der Waals surface area (Å²) in [5.74, 6) is 1.52. The molecule has 0 radical (unpaired) electrons. The van der Waals surface area contributed by atoms with Crippen molar-refractivity contribution in [1.82, 2.24) is 0 Å². The SMILES string of the molecule is COc1ccc2cc(C(O)c3ccc(Cl)cc3)oc2c1OC. The highest BCUT2D eigenvalue weighted by Gasteiger charge is 2.19. The monoisotopic (exact) mass is 318 g/mol. The van der Waals surface area contributed by atoms with Gasteiger partial charge in [-0.3, -0.25) is 0 Å². The Morgan fingerprint density at radius 2 is 1.77 bits per heavy atom. The summed E-state index contributed by atoms with van der Waals surface area (Å²) >= 11 is 5.86. The molecule has 5 heteroatoms. The van der Waals surface area contributed by atoms with Gasteiger partial charge in [-0.25, -0.2) is 0 Å². The van der Waals surface area contributed by atoms with Gasteiger partial charge in [-0.15, -0.1) is 0 Å². The van der Waals surface area contributed by atoms with Gasteiger partial charge in [-0.1, -0.05) is 23.7 Å². The Morgan fingerprint density at radius 3 is 2.41 bits per heavy atom. The van der Waals surface area contributed by atoms with Gasteiger partial charge in [-0.05, 0) is 35.9 Å². The van der Waals surface area contributed by atoms with Crippen molar-refractivity contribution in [3.8, 4) is 11.5 Å². The average Bonchev–Trinajstić information content (AvgIpc) is 2.97. The second-order valence-corrected chi connectivity index (χ2v) is 5.26. The molecule has 0 aliphatic carbocycles. The van der Waals surface area contributed by atoms with E-state index in [9.17, 15) is 5.11 Å². The lowest BCUT2D eigenvalue weighted by atomic mass is 10.1. The summed E-state index contributed by atoms with van der Waals surface area (Å²) in [4.78, 5) is 0. The number of methoxy groups -OCH3 is 2. The van der Waals surface area contributed by atoms with Gasteiger partial charge in [0.15, 0.2) is 11.3 Å². The first-order valence-electron chi connectivity index (χ1n) is 6.72. The number of hydrogen-bond donors (Lipinski definition) is 1. The fraction of sp³-hybridized carbons (Fsp3) is 0.176. The lowest BCUT2D eigenvalue weighted by Crippen LogP contribution is -1.97. The van der Waals surface area contributed by atoms with Crippen LogP contribution in [-0.4, -0.2) is 19.3 Å². The van der Waals surface area contributed by atoms with E-state index in [1.54, 1.807) is 50.6 Å². The maximum absolute atomic E-state index is 10.5. The van der Waals surface area contributed by atoms with E-state index in [-0.39, 0.29) is 0 Å². The number of halogens is 1. The molecule has 1 unspecified atom stereocenters. The van der Waals surface area contributed by atoms with E-state index in [1.165, 1.54) is 0 Å². The maximum atomic E-state index is 10.5. The zero-order chi connectivity index (χ0) is 15.7. The van der Waals surface area contributed by atoms with Crippen molar-refractivity contribution in [3.05, 3.63) is 58.8 Å². The second-order valence-electron chi connectivity index (χ2n) is 4.82. The molecule has 0 saturated heterocycles. The molecule has 0 aliphatic heterocycles. The van der Waals surface area contributed by atoms with Crippen molar-refractivity contribution < 1.29 is 19.0 Å². The molecule has 1 aromatic heterocycles. The molecular formula is C17H15ClO4. The van der Waals surface area contributed by atoms with Crippen LogP contribution in [0.4, 0.5) is 0 Å². The molecule has 1 heterocycles. The normalized spacial score (nSPS) is 12.4. The molecule has 0 saturated carbocycles. The van der Waals surface area contributed by atoms with E-state index in [1.807, 2.05) is 6.07 Å². The van der Waals surface area contributed by atoms with E-state index in [0.29, 0.717) is 33.4 Å². The van der Waals surface area contributed by atoms with E-state index >= 15 is 0 Å². The highest BCUT2D eigenvalue weighted by atomic mass is 35.5. The summed E-state index contributed by atoms with van der Waals surface area (Å²) < 4.78 is 16.4. The summed E-state index contributed by atoms with van der Waals surface area (Å²) in [5.41, 5.74) is 1.25. The Balaban J connectivity index is 2.06. The molecule has 1 N–H and O–H groups in total. The average molecular weight is 319 g/mol. The Bertz CT molecular complexity index is 792. The molecule has 1 atom stereocenters. The molecule has 2 aromatic carbocycles. The number of fused-ring (bicyclic) bond motifs is 1. The zero-order valence-corrected chi connectivity index (χ0v) is 12.9. The number of aliphatic hydroxyl groups is 1.